The SMILES string of the molecule is CCOC(=O)c1cc(-c2ccc(C(F)(F)F)cc2)nn1CC(F)(F)F.[H-].[Na+]. The molecule has 2 aromatic rings. The van der Waals surface area contributed by atoms with Crippen molar-refractivity contribution >= 4 is 5.97 Å². The van der Waals surface area contributed by atoms with Crippen LogP contribution in [0, 0.1) is 0 Å². The molecule has 1 heterocycles. The zero-order valence-corrected chi connectivity index (χ0v) is 15.8. The molecular formula is C15H13F6N2NaO2. The standard InChI is InChI=1S/C15H12F6N2O2.Na.H/c1-2-25-13(24)12-7-11(22-23(12)8-14(16,17)18)9-3-5-10(6-4-9)15(19,20)21;;/h3-7H,2,8H2,1H3;;/q;+1;-1. The van der Waals surface area contributed by atoms with Crippen LogP contribution < -0.4 is 29.6 Å². The van der Waals surface area contributed by atoms with Crippen molar-refractivity contribution < 1.29 is 66.9 Å². The molecule has 0 spiro atoms. The topological polar surface area (TPSA) is 44.1 Å². The number of nitrogens with zero attached hydrogens (tertiary/aromatic N) is 2. The van der Waals surface area contributed by atoms with Gasteiger partial charge < -0.3 is 6.16 Å². The van der Waals surface area contributed by atoms with E-state index >= 15 is 0 Å². The second kappa shape index (κ2) is 8.45. The fourth-order valence-corrected chi connectivity index (χ4v) is 2.05. The van der Waals surface area contributed by atoms with Gasteiger partial charge in [0.15, 0.2) is 0 Å². The van der Waals surface area contributed by atoms with E-state index in [1.807, 2.05) is 0 Å². The van der Waals surface area contributed by atoms with Crippen LogP contribution in [0.5, 0.6) is 0 Å². The molecule has 26 heavy (non-hydrogen) atoms. The Morgan fingerprint density at radius 2 is 1.73 bits per heavy atom. The third-order valence-electron chi connectivity index (χ3n) is 3.10. The molecule has 4 nitrogen and oxygen atoms in total. The molecule has 0 aliphatic rings. The van der Waals surface area contributed by atoms with Gasteiger partial charge in [0, 0.05) is 5.56 Å². The molecule has 0 amide bonds. The van der Waals surface area contributed by atoms with Gasteiger partial charge in [0.1, 0.15) is 12.2 Å². The Bertz CT molecular complexity index is 759. The normalized spacial score (nSPS) is 11.8. The predicted molar refractivity (Wildman–Crippen MR) is 75.8 cm³/mol. The van der Waals surface area contributed by atoms with E-state index in [0.717, 1.165) is 30.3 Å². The molecule has 0 unspecified atom stereocenters. The summed E-state index contributed by atoms with van der Waals surface area (Å²) in [5.74, 6) is -1.00. The number of rotatable bonds is 4. The van der Waals surface area contributed by atoms with Crippen LogP contribution in [0.15, 0.2) is 30.3 Å². The van der Waals surface area contributed by atoms with Crippen LogP contribution in [0.25, 0.3) is 11.3 Å². The number of hydrogen-bond acceptors (Lipinski definition) is 3. The number of benzene rings is 1. The van der Waals surface area contributed by atoms with Crippen molar-refractivity contribution in [3.05, 3.63) is 41.6 Å². The fourth-order valence-electron chi connectivity index (χ4n) is 2.05. The molecule has 1 aromatic carbocycles. The van der Waals surface area contributed by atoms with E-state index in [1.54, 1.807) is 0 Å². The Hall–Kier alpha value is -1.52. The van der Waals surface area contributed by atoms with Crippen LogP contribution in [-0.4, -0.2) is 28.5 Å². The minimum Gasteiger partial charge on any atom is -1.00 e. The third-order valence-corrected chi connectivity index (χ3v) is 3.10. The first-order valence-corrected chi connectivity index (χ1v) is 7.00. The van der Waals surface area contributed by atoms with Gasteiger partial charge in [-0.2, -0.15) is 31.4 Å². The van der Waals surface area contributed by atoms with Gasteiger partial charge in [0.25, 0.3) is 0 Å². The van der Waals surface area contributed by atoms with Crippen molar-refractivity contribution in [1.29, 1.82) is 0 Å². The Morgan fingerprint density at radius 1 is 1.15 bits per heavy atom. The van der Waals surface area contributed by atoms with E-state index in [-0.39, 0.29) is 48.8 Å². The molecule has 0 saturated heterocycles. The van der Waals surface area contributed by atoms with Gasteiger partial charge in [-0.25, -0.2) is 9.48 Å². The number of halogens is 6. The molecule has 138 valence electrons. The van der Waals surface area contributed by atoms with Crippen LogP contribution in [-0.2, 0) is 17.5 Å². The maximum absolute atomic E-state index is 12.6. The summed E-state index contributed by atoms with van der Waals surface area (Å²) >= 11 is 0. The molecule has 0 N–H and O–H groups in total. The molecule has 0 aliphatic heterocycles. The van der Waals surface area contributed by atoms with Crippen LogP contribution in [0.3, 0.4) is 0 Å². The summed E-state index contributed by atoms with van der Waals surface area (Å²) in [6.07, 6.45) is -9.17. The zero-order valence-electron chi connectivity index (χ0n) is 14.8. The number of hydrogen-bond donors (Lipinski definition) is 0. The largest absolute Gasteiger partial charge is 1.00 e. The summed E-state index contributed by atoms with van der Waals surface area (Å²) in [6, 6.07) is 4.74. The van der Waals surface area contributed by atoms with Crippen molar-refractivity contribution in [2.24, 2.45) is 0 Å². The van der Waals surface area contributed by atoms with Crippen LogP contribution in [0.1, 0.15) is 24.4 Å². The number of ether oxygens (including phenoxy) is 1. The predicted octanol–water partition coefficient (Wildman–Crippen LogP) is 1.42. The average Bonchev–Trinajstić information content (AvgIpc) is 2.88. The van der Waals surface area contributed by atoms with E-state index in [1.165, 1.54) is 6.92 Å². The summed E-state index contributed by atoms with van der Waals surface area (Å²) < 4.78 is 80.7. The van der Waals surface area contributed by atoms with Gasteiger partial charge >= 0.3 is 47.9 Å². The first-order valence-electron chi connectivity index (χ1n) is 7.00. The average molecular weight is 390 g/mol. The molecule has 2 rings (SSSR count). The molecular weight excluding hydrogens is 377 g/mol. The van der Waals surface area contributed by atoms with E-state index in [9.17, 15) is 31.1 Å². The van der Waals surface area contributed by atoms with Crippen LogP contribution in [0.2, 0.25) is 0 Å². The first-order chi connectivity index (χ1) is 11.5. The Kier molecular flexibility index (Phi) is 7.32. The molecule has 0 atom stereocenters. The summed E-state index contributed by atoms with van der Waals surface area (Å²) in [6.45, 7) is -0.0907. The minimum atomic E-state index is -4.63. The summed E-state index contributed by atoms with van der Waals surface area (Å²) in [5, 5.41) is 3.68. The van der Waals surface area contributed by atoms with Crippen molar-refractivity contribution in [3.63, 3.8) is 0 Å². The van der Waals surface area contributed by atoms with Gasteiger partial charge in [0.05, 0.1) is 17.9 Å². The van der Waals surface area contributed by atoms with E-state index in [2.05, 4.69) is 9.84 Å². The fraction of sp³-hybridized carbons (Fsp3) is 0.333. The molecule has 0 bridgehead atoms. The van der Waals surface area contributed by atoms with Gasteiger partial charge in [-0.1, -0.05) is 12.1 Å². The smallest absolute Gasteiger partial charge is 1.00 e. The second-order valence-electron chi connectivity index (χ2n) is 4.98. The summed E-state index contributed by atoms with van der Waals surface area (Å²) in [4.78, 5) is 11.8. The van der Waals surface area contributed by atoms with E-state index in [4.69, 9.17) is 0 Å². The van der Waals surface area contributed by atoms with Gasteiger partial charge in [-0.15, -0.1) is 0 Å². The maximum atomic E-state index is 12.6. The second-order valence-corrected chi connectivity index (χ2v) is 4.98. The van der Waals surface area contributed by atoms with Crippen LogP contribution in [0.4, 0.5) is 26.3 Å². The molecule has 0 aliphatic carbocycles. The third kappa shape index (κ3) is 5.75. The number of aromatic nitrogens is 2. The number of carbonyl (C=O) groups is 1. The van der Waals surface area contributed by atoms with Crippen LogP contribution >= 0.6 is 0 Å². The maximum Gasteiger partial charge on any atom is 1.00 e. The minimum absolute atomic E-state index is 0. The van der Waals surface area contributed by atoms with Crippen molar-refractivity contribution in [2.45, 2.75) is 25.8 Å². The molecule has 0 saturated carbocycles. The Morgan fingerprint density at radius 3 is 2.19 bits per heavy atom. The zero-order chi connectivity index (χ0) is 18.8. The molecule has 0 fully saturated rings. The number of esters is 1. The van der Waals surface area contributed by atoms with Crippen molar-refractivity contribution in [3.8, 4) is 11.3 Å². The van der Waals surface area contributed by atoms with Gasteiger partial charge in [-0.05, 0) is 25.1 Å². The number of alkyl halides is 6. The Balaban J connectivity index is 0.00000338. The summed E-state index contributed by atoms with van der Waals surface area (Å²) in [7, 11) is 0. The molecule has 1 aromatic heterocycles. The van der Waals surface area contributed by atoms with Gasteiger partial charge in [0.2, 0.25) is 0 Å². The molecule has 0 radical (unpaired) electrons. The first kappa shape index (κ1) is 22.5. The van der Waals surface area contributed by atoms with E-state index in [0.29, 0.717) is 4.68 Å². The number of carbonyl (C=O) groups excluding carboxylic acids is 1. The van der Waals surface area contributed by atoms with Gasteiger partial charge in [-0.3, -0.25) is 0 Å². The van der Waals surface area contributed by atoms with E-state index < -0.39 is 36.1 Å². The quantitative estimate of drug-likeness (QED) is 0.451. The monoisotopic (exact) mass is 390 g/mol. The Labute approximate surface area is 167 Å². The summed E-state index contributed by atoms with van der Waals surface area (Å²) in [5.41, 5.74) is -1.27. The van der Waals surface area contributed by atoms with Crippen molar-refractivity contribution in [1.82, 2.24) is 9.78 Å². The van der Waals surface area contributed by atoms with Crippen molar-refractivity contribution in [2.75, 3.05) is 6.61 Å². The molecule has 11 heteroatoms.